The summed E-state index contributed by atoms with van der Waals surface area (Å²) in [4.78, 5) is 0. The van der Waals surface area contributed by atoms with Gasteiger partial charge in [-0.05, 0) is 36.8 Å². The van der Waals surface area contributed by atoms with Crippen molar-refractivity contribution in [1.82, 2.24) is 0 Å². The number of halogens is 1. The van der Waals surface area contributed by atoms with E-state index in [9.17, 15) is 8.42 Å². The molecule has 1 aromatic rings. The van der Waals surface area contributed by atoms with Crippen LogP contribution in [0.1, 0.15) is 37.3 Å². The topological polar surface area (TPSA) is 60.2 Å². The molecule has 3 nitrogen and oxygen atoms in total. The maximum atomic E-state index is 11.7. The van der Waals surface area contributed by atoms with Gasteiger partial charge in [-0.2, -0.15) is 0 Å². The molecule has 0 amide bonds. The van der Waals surface area contributed by atoms with E-state index in [4.69, 9.17) is 5.73 Å². The van der Waals surface area contributed by atoms with Gasteiger partial charge in [-0.1, -0.05) is 40.5 Å². The molecule has 0 heterocycles. The van der Waals surface area contributed by atoms with Gasteiger partial charge in [-0.15, -0.1) is 0 Å². The summed E-state index contributed by atoms with van der Waals surface area (Å²) in [6.45, 7) is 0. The van der Waals surface area contributed by atoms with Crippen LogP contribution in [0.25, 0.3) is 0 Å². The second-order valence-corrected chi connectivity index (χ2v) is 8.61. The first-order valence-electron chi connectivity index (χ1n) is 6.58. The van der Waals surface area contributed by atoms with Gasteiger partial charge in [0.15, 0.2) is 0 Å². The molecule has 0 aliphatic heterocycles. The van der Waals surface area contributed by atoms with E-state index in [0.717, 1.165) is 29.3 Å². The third kappa shape index (κ3) is 3.58. The van der Waals surface area contributed by atoms with Gasteiger partial charge in [-0.3, -0.25) is 0 Å². The van der Waals surface area contributed by atoms with Crippen molar-refractivity contribution in [1.29, 1.82) is 0 Å². The highest BCUT2D eigenvalue weighted by atomic mass is 79.9. The highest BCUT2D eigenvalue weighted by molar-refractivity contribution is 9.10. The summed E-state index contributed by atoms with van der Waals surface area (Å²) < 4.78 is 24.4. The van der Waals surface area contributed by atoms with E-state index in [1.165, 1.54) is 6.26 Å². The normalized spacial score (nSPS) is 26.1. The first-order valence-corrected chi connectivity index (χ1v) is 9.33. The van der Waals surface area contributed by atoms with Gasteiger partial charge < -0.3 is 5.73 Å². The van der Waals surface area contributed by atoms with Gasteiger partial charge in [0.2, 0.25) is 0 Å². The number of rotatable bonds is 3. The summed E-state index contributed by atoms with van der Waals surface area (Å²) >= 11 is 3.52. The number of hydrogen-bond donors (Lipinski definition) is 1. The number of sulfone groups is 1. The predicted molar refractivity (Wildman–Crippen MR) is 81.7 cm³/mol. The Balaban J connectivity index is 2.16. The average molecular weight is 346 g/mol. The third-order valence-corrected chi connectivity index (χ3v) is 6.41. The van der Waals surface area contributed by atoms with E-state index >= 15 is 0 Å². The molecule has 1 aliphatic carbocycles. The molecule has 0 radical (unpaired) electrons. The first kappa shape index (κ1) is 15.0. The second-order valence-electron chi connectivity index (χ2n) is 5.43. The van der Waals surface area contributed by atoms with Crippen molar-refractivity contribution in [3.63, 3.8) is 0 Å². The van der Waals surface area contributed by atoms with Gasteiger partial charge in [-0.25, -0.2) is 8.42 Å². The fraction of sp³-hybridized carbons (Fsp3) is 0.571. The van der Waals surface area contributed by atoms with Crippen molar-refractivity contribution in [3.05, 3.63) is 34.3 Å². The summed E-state index contributed by atoms with van der Waals surface area (Å²) in [6.07, 6.45) is 4.75. The summed E-state index contributed by atoms with van der Waals surface area (Å²) in [7, 11) is -2.95. The SMILES string of the molecule is CS(=O)(=O)C1CCCC(C(N)c2ccccc2Br)C1. The first-order chi connectivity index (χ1) is 8.89. The Morgan fingerprint density at radius 2 is 2.00 bits per heavy atom. The average Bonchev–Trinajstić information content (AvgIpc) is 2.38. The highest BCUT2D eigenvalue weighted by Crippen LogP contribution is 2.37. The standard InChI is InChI=1S/C14H20BrNO2S/c1-19(17,18)11-6-4-5-10(9-11)14(16)12-7-2-3-8-13(12)15/h2-3,7-8,10-11,14H,4-6,9,16H2,1H3. The fourth-order valence-corrected chi connectivity index (χ4v) is 4.64. The van der Waals surface area contributed by atoms with Crippen molar-refractivity contribution in [3.8, 4) is 0 Å². The Bertz CT molecular complexity index is 544. The van der Waals surface area contributed by atoms with E-state index in [2.05, 4.69) is 15.9 Å². The van der Waals surface area contributed by atoms with E-state index in [-0.39, 0.29) is 17.2 Å². The molecular weight excluding hydrogens is 326 g/mol. The lowest BCUT2D eigenvalue weighted by Gasteiger charge is -2.32. The lowest BCUT2D eigenvalue weighted by Crippen LogP contribution is -2.33. The van der Waals surface area contributed by atoms with Crippen molar-refractivity contribution in [2.75, 3.05) is 6.26 Å². The monoisotopic (exact) mass is 345 g/mol. The molecule has 1 saturated carbocycles. The second kappa shape index (κ2) is 5.94. The third-order valence-electron chi connectivity index (χ3n) is 4.04. The molecule has 106 valence electrons. The zero-order valence-corrected chi connectivity index (χ0v) is 13.5. The molecule has 0 bridgehead atoms. The van der Waals surface area contributed by atoms with Crippen LogP contribution in [0.4, 0.5) is 0 Å². The fourth-order valence-electron chi connectivity index (χ4n) is 2.90. The van der Waals surface area contributed by atoms with Crippen molar-refractivity contribution >= 4 is 25.8 Å². The van der Waals surface area contributed by atoms with Crippen LogP contribution in [0.2, 0.25) is 0 Å². The van der Waals surface area contributed by atoms with Crippen LogP contribution in [0, 0.1) is 5.92 Å². The maximum Gasteiger partial charge on any atom is 0.150 e. The van der Waals surface area contributed by atoms with Crippen LogP contribution in [-0.2, 0) is 9.84 Å². The highest BCUT2D eigenvalue weighted by Gasteiger charge is 2.32. The predicted octanol–water partition coefficient (Wildman–Crippen LogP) is 3.05. The molecule has 1 fully saturated rings. The molecule has 5 heteroatoms. The minimum absolute atomic E-state index is 0.0971. The maximum absolute atomic E-state index is 11.7. The Hall–Kier alpha value is -0.390. The Morgan fingerprint density at radius 1 is 1.32 bits per heavy atom. The molecule has 3 unspecified atom stereocenters. The number of nitrogens with two attached hydrogens (primary N) is 1. The van der Waals surface area contributed by atoms with Crippen LogP contribution in [0.15, 0.2) is 28.7 Å². The van der Waals surface area contributed by atoms with Gasteiger partial charge in [0.25, 0.3) is 0 Å². The van der Waals surface area contributed by atoms with E-state index in [1.807, 2.05) is 24.3 Å². The molecule has 0 spiro atoms. The lowest BCUT2D eigenvalue weighted by atomic mass is 9.81. The number of hydrogen-bond acceptors (Lipinski definition) is 3. The molecule has 0 aromatic heterocycles. The van der Waals surface area contributed by atoms with Gasteiger partial charge in [0, 0.05) is 16.8 Å². The number of benzene rings is 1. The largest absolute Gasteiger partial charge is 0.324 e. The molecule has 0 saturated heterocycles. The summed E-state index contributed by atoms with van der Waals surface area (Å²) in [5.74, 6) is 0.243. The smallest absolute Gasteiger partial charge is 0.150 e. The van der Waals surface area contributed by atoms with Gasteiger partial charge in [0.05, 0.1) is 5.25 Å². The zero-order valence-electron chi connectivity index (χ0n) is 11.0. The van der Waals surface area contributed by atoms with Crippen molar-refractivity contribution in [2.24, 2.45) is 11.7 Å². The summed E-state index contributed by atoms with van der Waals surface area (Å²) in [5.41, 5.74) is 7.42. The van der Waals surface area contributed by atoms with Crippen LogP contribution in [0.3, 0.4) is 0 Å². The molecule has 1 aliphatic rings. The Labute approximate surface area is 123 Å². The van der Waals surface area contributed by atoms with Crippen LogP contribution >= 0.6 is 15.9 Å². The molecule has 2 N–H and O–H groups in total. The van der Waals surface area contributed by atoms with Gasteiger partial charge in [0.1, 0.15) is 9.84 Å². The van der Waals surface area contributed by atoms with Crippen LogP contribution < -0.4 is 5.73 Å². The quantitative estimate of drug-likeness (QED) is 0.915. The molecule has 19 heavy (non-hydrogen) atoms. The van der Waals surface area contributed by atoms with Crippen molar-refractivity contribution in [2.45, 2.75) is 37.0 Å². The molecule has 1 aromatic carbocycles. The Kier molecular flexibility index (Phi) is 4.69. The summed E-state index contributed by atoms with van der Waals surface area (Å²) in [5, 5.41) is -0.222. The van der Waals surface area contributed by atoms with E-state index < -0.39 is 9.84 Å². The lowest BCUT2D eigenvalue weighted by molar-refractivity contribution is 0.308. The molecular formula is C14H20BrNO2S. The summed E-state index contributed by atoms with van der Waals surface area (Å²) in [6, 6.07) is 7.82. The molecule has 3 atom stereocenters. The van der Waals surface area contributed by atoms with E-state index in [1.54, 1.807) is 0 Å². The minimum Gasteiger partial charge on any atom is -0.324 e. The van der Waals surface area contributed by atoms with Gasteiger partial charge >= 0.3 is 0 Å². The zero-order chi connectivity index (χ0) is 14.0. The van der Waals surface area contributed by atoms with Crippen molar-refractivity contribution < 1.29 is 8.42 Å². The minimum atomic E-state index is -2.95. The van der Waals surface area contributed by atoms with Crippen LogP contribution in [0.5, 0.6) is 0 Å². The Morgan fingerprint density at radius 3 is 2.63 bits per heavy atom. The van der Waals surface area contributed by atoms with E-state index in [0.29, 0.717) is 6.42 Å². The van der Waals surface area contributed by atoms with Crippen LogP contribution in [-0.4, -0.2) is 19.9 Å². The molecule has 2 rings (SSSR count).